The van der Waals surface area contributed by atoms with Crippen molar-refractivity contribution in [2.24, 2.45) is 34.1 Å². The van der Waals surface area contributed by atoms with Crippen LogP contribution in [0.5, 0.6) is 0 Å². The summed E-state index contributed by atoms with van der Waals surface area (Å²) >= 11 is 0. The smallest absolute Gasteiger partial charge is 0.0990 e. The zero-order valence-corrected chi connectivity index (χ0v) is 31.0. The van der Waals surface area contributed by atoms with Gasteiger partial charge < -0.3 is 15.1 Å². The van der Waals surface area contributed by atoms with Gasteiger partial charge in [-0.25, -0.2) is 0 Å². The summed E-state index contributed by atoms with van der Waals surface area (Å²) in [6.45, 7) is 21.0. The highest BCUT2D eigenvalue weighted by Crippen LogP contribution is 2.45. The molecule has 0 saturated heterocycles. The third kappa shape index (κ3) is 12.7. The molecule has 45 heavy (non-hydrogen) atoms. The summed E-state index contributed by atoms with van der Waals surface area (Å²) < 4.78 is 0. The summed E-state index contributed by atoms with van der Waals surface area (Å²) in [4.78, 5) is 9.75. The number of allylic oxidation sites excluding steroid dienone is 4. The Hall–Kier alpha value is -1.91. The topological polar surface area (TPSA) is 30.9 Å². The monoisotopic (exact) mass is 619 g/mol. The standard InChI is InChI=1S/C41H70N4/c1-11-31(3)15-16-32(4)40(42-8)43-28-36-17-20-38(21-18-36)39-22-19-35(12-2)27-37(26-33(39)5)14-13-25-45(10)34(6)29-44(9)30-41(7)23-24-41/h17-22,27,31-34,37,39H,11-16,23-26,28-30H2,1-10H3,(H,42,43)/b22-19-,35-27-. The number of rotatable bonds is 18. The van der Waals surface area contributed by atoms with E-state index >= 15 is 0 Å². The molecule has 4 nitrogen and oxygen atoms in total. The van der Waals surface area contributed by atoms with Crippen LogP contribution in [0.25, 0.3) is 0 Å². The van der Waals surface area contributed by atoms with Gasteiger partial charge in [-0.2, -0.15) is 0 Å². The van der Waals surface area contributed by atoms with E-state index in [1.807, 2.05) is 7.05 Å². The van der Waals surface area contributed by atoms with Gasteiger partial charge in [-0.05, 0) is 107 Å². The highest BCUT2D eigenvalue weighted by atomic mass is 15.2. The lowest BCUT2D eigenvalue weighted by atomic mass is 9.77. The zero-order valence-electron chi connectivity index (χ0n) is 31.0. The molecular weight excluding hydrogens is 548 g/mol. The van der Waals surface area contributed by atoms with Crippen LogP contribution in [0.3, 0.4) is 0 Å². The van der Waals surface area contributed by atoms with Crippen molar-refractivity contribution in [1.82, 2.24) is 15.1 Å². The van der Waals surface area contributed by atoms with Crippen LogP contribution < -0.4 is 5.32 Å². The van der Waals surface area contributed by atoms with Gasteiger partial charge >= 0.3 is 0 Å². The predicted molar refractivity (Wildman–Crippen MR) is 198 cm³/mol. The maximum absolute atomic E-state index is 4.60. The minimum Gasteiger partial charge on any atom is -0.370 e. The Kier molecular flexibility index (Phi) is 15.4. The molecule has 254 valence electrons. The first kappa shape index (κ1) is 37.5. The maximum atomic E-state index is 4.60. The average molecular weight is 619 g/mol. The molecule has 0 spiro atoms. The highest BCUT2D eigenvalue weighted by Gasteiger charge is 2.38. The first-order valence-corrected chi connectivity index (χ1v) is 18.5. The van der Waals surface area contributed by atoms with E-state index in [-0.39, 0.29) is 0 Å². The molecule has 0 aromatic heterocycles. The van der Waals surface area contributed by atoms with Gasteiger partial charge in [0.2, 0.25) is 0 Å². The SMILES string of the molecule is CCC1=C/C(CCCN(C)C(C)CN(C)CC2(C)CC2)CC(C)C(c2ccc(CN/C(=N\C)C(C)CCC(C)CC)cc2)/C=C\1. The molecule has 3 rings (SSSR count). The molecule has 1 N–H and O–H groups in total. The van der Waals surface area contributed by atoms with Gasteiger partial charge in [-0.1, -0.05) is 102 Å². The molecule has 0 amide bonds. The van der Waals surface area contributed by atoms with Crippen LogP contribution in [-0.2, 0) is 6.54 Å². The van der Waals surface area contributed by atoms with Gasteiger partial charge in [-0.3, -0.25) is 4.99 Å². The van der Waals surface area contributed by atoms with Crippen LogP contribution in [0.15, 0.2) is 53.1 Å². The normalized spacial score (nSPS) is 25.6. The molecule has 0 aliphatic heterocycles. The van der Waals surface area contributed by atoms with E-state index in [4.69, 9.17) is 0 Å². The minimum absolute atomic E-state index is 0.463. The predicted octanol–water partition coefficient (Wildman–Crippen LogP) is 9.73. The van der Waals surface area contributed by atoms with E-state index in [0.29, 0.717) is 35.1 Å². The summed E-state index contributed by atoms with van der Waals surface area (Å²) in [6, 6.07) is 10.00. The molecule has 1 aromatic carbocycles. The van der Waals surface area contributed by atoms with Crippen LogP contribution >= 0.6 is 0 Å². The zero-order chi connectivity index (χ0) is 33.0. The molecule has 1 saturated carbocycles. The lowest BCUT2D eigenvalue weighted by molar-refractivity contribution is 0.173. The van der Waals surface area contributed by atoms with E-state index in [0.717, 1.165) is 24.7 Å². The Bertz CT molecular complexity index is 1080. The number of aliphatic imine (C=N–C) groups is 1. The second-order valence-corrected chi connectivity index (χ2v) is 15.6. The van der Waals surface area contributed by atoms with Gasteiger partial charge in [0.15, 0.2) is 0 Å². The van der Waals surface area contributed by atoms with Crippen molar-refractivity contribution >= 4 is 5.84 Å². The third-order valence-corrected chi connectivity index (χ3v) is 11.2. The molecule has 2 aliphatic carbocycles. The third-order valence-electron chi connectivity index (χ3n) is 11.2. The van der Waals surface area contributed by atoms with Crippen molar-refractivity contribution < 1.29 is 0 Å². The Labute approximate surface area is 279 Å². The molecule has 1 fully saturated rings. The number of nitrogens with one attached hydrogen (secondary N) is 1. The van der Waals surface area contributed by atoms with E-state index < -0.39 is 0 Å². The molecule has 0 heterocycles. The van der Waals surface area contributed by atoms with E-state index in [9.17, 15) is 0 Å². The summed E-state index contributed by atoms with van der Waals surface area (Å²) in [5, 5.41) is 3.65. The second-order valence-electron chi connectivity index (χ2n) is 15.6. The van der Waals surface area contributed by atoms with Crippen LogP contribution in [-0.4, -0.2) is 62.5 Å². The molecular formula is C41H70N4. The number of likely N-dealkylation sites (N-methyl/N-ethyl adjacent to an activating group) is 2. The van der Waals surface area contributed by atoms with Crippen molar-refractivity contribution in [3.63, 3.8) is 0 Å². The molecule has 4 heteroatoms. The highest BCUT2D eigenvalue weighted by molar-refractivity contribution is 5.84. The van der Waals surface area contributed by atoms with Gasteiger partial charge in [0, 0.05) is 44.6 Å². The van der Waals surface area contributed by atoms with E-state index in [2.05, 4.69) is 125 Å². The molecule has 2 aliphatic rings. The van der Waals surface area contributed by atoms with Crippen molar-refractivity contribution in [2.45, 2.75) is 125 Å². The summed E-state index contributed by atoms with van der Waals surface area (Å²) in [5.41, 5.74) is 4.87. The van der Waals surface area contributed by atoms with Gasteiger partial charge in [0.05, 0.1) is 5.84 Å². The average Bonchev–Trinajstić information content (AvgIpc) is 3.74. The Morgan fingerprint density at radius 3 is 2.40 bits per heavy atom. The summed E-state index contributed by atoms with van der Waals surface area (Å²) in [6.07, 6.45) is 19.0. The Morgan fingerprint density at radius 2 is 1.78 bits per heavy atom. The number of amidine groups is 1. The van der Waals surface area contributed by atoms with Crippen LogP contribution in [0.1, 0.15) is 123 Å². The van der Waals surface area contributed by atoms with Crippen LogP contribution in [0.4, 0.5) is 0 Å². The Balaban J connectivity index is 1.52. The van der Waals surface area contributed by atoms with Gasteiger partial charge in [0.1, 0.15) is 0 Å². The van der Waals surface area contributed by atoms with Crippen molar-refractivity contribution in [1.29, 1.82) is 0 Å². The molecule has 6 atom stereocenters. The van der Waals surface area contributed by atoms with E-state index in [1.165, 1.54) is 87.7 Å². The lowest BCUT2D eigenvalue weighted by Crippen LogP contribution is -2.40. The largest absolute Gasteiger partial charge is 0.370 e. The minimum atomic E-state index is 0.463. The molecule has 0 radical (unpaired) electrons. The van der Waals surface area contributed by atoms with Crippen molar-refractivity contribution in [2.75, 3.05) is 40.8 Å². The number of hydrogen-bond donors (Lipinski definition) is 1. The van der Waals surface area contributed by atoms with Gasteiger partial charge in [-0.15, -0.1) is 0 Å². The van der Waals surface area contributed by atoms with Gasteiger partial charge in [0.25, 0.3) is 0 Å². The summed E-state index contributed by atoms with van der Waals surface area (Å²) in [7, 11) is 6.56. The van der Waals surface area contributed by atoms with Crippen molar-refractivity contribution in [3.05, 3.63) is 59.2 Å². The molecule has 1 aromatic rings. The number of nitrogens with zero attached hydrogens (tertiary/aromatic N) is 3. The lowest BCUT2D eigenvalue weighted by Gasteiger charge is -2.31. The first-order chi connectivity index (χ1) is 21.5. The number of hydrogen-bond acceptors (Lipinski definition) is 3. The maximum Gasteiger partial charge on any atom is 0.0990 e. The fourth-order valence-corrected chi connectivity index (χ4v) is 7.24. The fourth-order valence-electron chi connectivity index (χ4n) is 7.24. The van der Waals surface area contributed by atoms with Crippen LogP contribution in [0.2, 0.25) is 0 Å². The number of benzene rings is 1. The fraction of sp³-hybridized carbons (Fsp3) is 0.732. The van der Waals surface area contributed by atoms with E-state index in [1.54, 1.807) is 0 Å². The van der Waals surface area contributed by atoms with Crippen molar-refractivity contribution in [3.8, 4) is 0 Å². The van der Waals surface area contributed by atoms with Crippen LogP contribution in [0, 0.1) is 29.1 Å². The first-order valence-electron chi connectivity index (χ1n) is 18.5. The quantitative estimate of drug-likeness (QED) is 0.131. The Morgan fingerprint density at radius 1 is 1.07 bits per heavy atom. The molecule has 6 unspecified atom stereocenters. The molecule has 0 bridgehead atoms. The summed E-state index contributed by atoms with van der Waals surface area (Å²) in [5.74, 6) is 4.13. The second kappa shape index (κ2) is 18.4.